The first-order valence-electron chi connectivity index (χ1n) is 6.42. The van der Waals surface area contributed by atoms with E-state index < -0.39 is 0 Å². The van der Waals surface area contributed by atoms with Gasteiger partial charge in [-0.25, -0.2) is 0 Å². The number of halogens is 1. The Kier molecular flexibility index (Phi) is 3.36. The molecule has 0 fully saturated rings. The van der Waals surface area contributed by atoms with Crippen molar-refractivity contribution in [3.05, 3.63) is 58.6 Å². The van der Waals surface area contributed by atoms with Crippen LogP contribution >= 0.6 is 11.6 Å². The predicted octanol–water partition coefficient (Wildman–Crippen LogP) is 3.57. The molecule has 1 heterocycles. The molecule has 0 aliphatic carbocycles. The van der Waals surface area contributed by atoms with Crippen LogP contribution in [0.4, 0.5) is 5.69 Å². The highest BCUT2D eigenvalue weighted by atomic mass is 35.5. The molecule has 0 atom stereocenters. The van der Waals surface area contributed by atoms with Crippen LogP contribution in [-0.2, 0) is 11.3 Å². The zero-order valence-corrected chi connectivity index (χ0v) is 11.9. The second-order valence-corrected chi connectivity index (χ2v) is 5.30. The number of ether oxygens (including phenoxy) is 1. The zero-order chi connectivity index (χ0) is 14.1. The largest absolute Gasteiger partial charge is 0.482 e. The summed E-state index contributed by atoms with van der Waals surface area (Å²) in [4.78, 5) is 13.8. The molecule has 0 bridgehead atoms. The molecule has 2 aromatic carbocycles. The molecule has 2 aromatic rings. The molecule has 0 aromatic heterocycles. The summed E-state index contributed by atoms with van der Waals surface area (Å²) in [5.41, 5.74) is 3.01. The number of aryl methyl sites for hydroxylation is 1. The van der Waals surface area contributed by atoms with Crippen molar-refractivity contribution in [1.82, 2.24) is 0 Å². The average molecular weight is 288 g/mol. The maximum Gasteiger partial charge on any atom is 0.265 e. The van der Waals surface area contributed by atoms with Crippen LogP contribution in [0.2, 0.25) is 5.02 Å². The normalized spacial score (nSPS) is 13.9. The maximum absolute atomic E-state index is 12.1. The fraction of sp³-hybridized carbons (Fsp3) is 0.188. The molecule has 0 spiro atoms. The topological polar surface area (TPSA) is 29.5 Å². The molecular weight excluding hydrogens is 274 g/mol. The Morgan fingerprint density at radius 3 is 2.70 bits per heavy atom. The summed E-state index contributed by atoms with van der Waals surface area (Å²) < 4.78 is 5.43. The van der Waals surface area contributed by atoms with Crippen molar-refractivity contribution in [1.29, 1.82) is 0 Å². The predicted molar refractivity (Wildman–Crippen MR) is 79.3 cm³/mol. The van der Waals surface area contributed by atoms with Crippen LogP contribution < -0.4 is 9.64 Å². The summed E-state index contributed by atoms with van der Waals surface area (Å²) >= 11 is 6.02. The lowest BCUT2D eigenvalue weighted by Gasteiger charge is -2.29. The van der Waals surface area contributed by atoms with Crippen molar-refractivity contribution in [2.45, 2.75) is 13.5 Å². The van der Waals surface area contributed by atoms with E-state index in [9.17, 15) is 4.79 Å². The van der Waals surface area contributed by atoms with Crippen molar-refractivity contribution in [3.63, 3.8) is 0 Å². The third-order valence-corrected chi connectivity index (χ3v) is 3.56. The Hall–Kier alpha value is -2.00. The molecule has 0 unspecified atom stereocenters. The number of carbonyl (C=O) groups excluding carboxylic acids is 1. The fourth-order valence-corrected chi connectivity index (χ4v) is 2.39. The molecule has 0 N–H and O–H groups in total. The molecule has 20 heavy (non-hydrogen) atoms. The van der Waals surface area contributed by atoms with Gasteiger partial charge in [0.2, 0.25) is 0 Å². The highest BCUT2D eigenvalue weighted by Crippen LogP contribution is 2.35. The van der Waals surface area contributed by atoms with Crippen LogP contribution in [0, 0.1) is 6.92 Å². The van der Waals surface area contributed by atoms with Gasteiger partial charge < -0.3 is 9.64 Å². The number of hydrogen-bond donors (Lipinski definition) is 0. The highest BCUT2D eigenvalue weighted by Gasteiger charge is 2.25. The molecular formula is C16H14ClNO2. The first-order valence-corrected chi connectivity index (χ1v) is 6.79. The Bertz CT molecular complexity index is 652. The zero-order valence-electron chi connectivity index (χ0n) is 11.1. The Morgan fingerprint density at radius 1 is 1.20 bits per heavy atom. The van der Waals surface area contributed by atoms with Gasteiger partial charge in [-0.05, 0) is 30.7 Å². The van der Waals surface area contributed by atoms with Crippen molar-refractivity contribution >= 4 is 23.2 Å². The van der Waals surface area contributed by atoms with Gasteiger partial charge in [0.1, 0.15) is 5.75 Å². The summed E-state index contributed by atoms with van der Waals surface area (Å²) in [6.45, 7) is 2.63. The molecule has 3 rings (SSSR count). The molecule has 1 aliphatic heterocycles. The van der Waals surface area contributed by atoms with Crippen molar-refractivity contribution in [2.75, 3.05) is 11.5 Å². The van der Waals surface area contributed by atoms with Gasteiger partial charge in [-0.3, -0.25) is 4.79 Å². The summed E-state index contributed by atoms with van der Waals surface area (Å²) in [5.74, 6) is 0.640. The van der Waals surface area contributed by atoms with E-state index in [2.05, 4.69) is 0 Å². The Balaban J connectivity index is 1.94. The number of fused-ring (bicyclic) bond motifs is 1. The Labute approximate surface area is 122 Å². The molecule has 0 saturated heterocycles. The lowest BCUT2D eigenvalue weighted by atomic mass is 10.1. The molecule has 102 valence electrons. The van der Waals surface area contributed by atoms with Gasteiger partial charge >= 0.3 is 0 Å². The SMILES string of the molecule is Cc1ccc(CN2C(=O)COc3ccc(Cl)cc32)cc1. The summed E-state index contributed by atoms with van der Waals surface area (Å²) in [6, 6.07) is 13.5. The van der Waals surface area contributed by atoms with Gasteiger partial charge in [0.25, 0.3) is 5.91 Å². The molecule has 1 amide bonds. The standard InChI is InChI=1S/C16H14ClNO2/c1-11-2-4-12(5-3-11)9-18-14-8-13(17)6-7-15(14)20-10-16(18)19/h2-8H,9-10H2,1H3. The van der Waals surface area contributed by atoms with E-state index in [1.54, 1.807) is 23.1 Å². The van der Waals surface area contributed by atoms with E-state index in [0.717, 1.165) is 11.3 Å². The summed E-state index contributed by atoms with van der Waals surface area (Å²) in [5, 5.41) is 0.593. The fourth-order valence-electron chi connectivity index (χ4n) is 2.22. The van der Waals surface area contributed by atoms with Crippen molar-refractivity contribution in [2.24, 2.45) is 0 Å². The van der Waals surface area contributed by atoms with E-state index in [1.165, 1.54) is 5.56 Å². The number of benzene rings is 2. The van der Waals surface area contributed by atoms with E-state index in [0.29, 0.717) is 17.3 Å². The minimum absolute atomic E-state index is 0.0552. The first kappa shape index (κ1) is 13.0. The van der Waals surface area contributed by atoms with Crippen LogP contribution in [0.3, 0.4) is 0 Å². The van der Waals surface area contributed by atoms with Gasteiger partial charge in [-0.2, -0.15) is 0 Å². The van der Waals surface area contributed by atoms with E-state index in [4.69, 9.17) is 16.3 Å². The number of anilines is 1. The average Bonchev–Trinajstić information content (AvgIpc) is 2.44. The minimum atomic E-state index is -0.0552. The summed E-state index contributed by atoms with van der Waals surface area (Å²) in [6.07, 6.45) is 0. The number of rotatable bonds is 2. The quantitative estimate of drug-likeness (QED) is 0.845. The van der Waals surface area contributed by atoms with Gasteiger partial charge in [0.05, 0.1) is 12.2 Å². The smallest absolute Gasteiger partial charge is 0.265 e. The van der Waals surface area contributed by atoms with Gasteiger partial charge in [0.15, 0.2) is 6.61 Å². The third kappa shape index (κ3) is 2.49. The van der Waals surface area contributed by atoms with Crippen LogP contribution in [0.1, 0.15) is 11.1 Å². The third-order valence-electron chi connectivity index (χ3n) is 3.33. The van der Waals surface area contributed by atoms with Crippen LogP contribution in [0.25, 0.3) is 0 Å². The lowest BCUT2D eigenvalue weighted by Crippen LogP contribution is -2.38. The maximum atomic E-state index is 12.1. The van der Waals surface area contributed by atoms with Crippen LogP contribution in [0.5, 0.6) is 5.75 Å². The van der Waals surface area contributed by atoms with E-state index in [-0.39, 0.29) is 12.5 Å². The van der Waals surface area contributed by atoms with E-state index in [1.807, 2.05) is 31.2 Å². The number of amides is 1. The summed E-state index contributed by atoms with van der Waals surface area (Å²) in [7, 11) is 0. The monoisotopic (exact) mass is 287 g/mol. The van der Waals surface area contributed by atoms with Crippen LogP contribution in [0.15, 0.2) is 42.5 Å². The second-order valence-electron chi connectivity index (χ2n) is 4.87. The highest BCUT2D eigenvalue weighted by molar-refractivity contribution is 6.31. The Morgan fingerprint density at radius 2 is 1.95 bits per heavy atom. The van der Waals surface area contributed by atoms with Gasteiger partial charge in [-0.15, -0.1) is 0 Å². The molecule has 1 aliphatic rings. The second kappa shape index (κ2) is 5.17. The first-order chi connectivity index (χ1) is 9.63. The van der Waals surface area contributed by atoms with Gasteiger partial charge in [0, 0.05) is 5.02 Å². The molecule has 0 radical (unpaired) electrons. The van der Waals surface area contributed by atoms with Gasteiger partial charge in [-0.1, -0.05) is 41.4 Å². The number of carbonyl (C=O) groups is 1. The number of nitrogens with zero attached hydrogens (tertiary/aromatic N) is 1. The van der Waals surface area contributed by atoms with Crippen molar-refractivity contribution in [3.8, 4) is 5.75 Å². The van der Waals surface area contributed by atoms with E-state index >= 15 is 0 Å². The molecule has 3 nitrogen and oxygen atoms in total. The number of hydrogen-bond acceptors (Lipinski definition) is 2. The molecule has 0 saturated carbocycles. The van der Waals surface area contributed by atoms with Crippen LogP contribution in [-0.4, -0.2) is 12.5 Å². The van der Waals surface area contributed by atoms with Crippen molar-refractivity contribution < 1.29 is 9.53 Å². The minimum Gasteiger partial charge on any atom is -0.482 e. The lowest BCUT2D eigenvalue weighted by molar-refractivity contribution is -0.121. The molecule has 4 heteroatoms.